The summed E-state index contributed by atoms with van der Waals surface area (Å²) in [6.07, 6.45) is 0.447. The molecule has 84 valence electrons. The summed E-state index contributed by atoms with van der Waals surface area (Å²) in [6, 6.07) is 12.1. The fraction of sp³-hybridized carbons (Fsp3) is 0.286. The van der Waals surface area contributed by atoms with Gasteiger partial charge in [0.15, 0.2) is 0 Å². The molecule has 1 nitrogen and oxygen atoms in total. The second-order valence-electron chi connectivity index (χ2n) is 3.82. The lowest BCUT2D eigenvalue weighted by Crippen LogP contribution is -1.98. The summed E-state index contributed by atoms with van der Waals surface area (Å²) in [5.74, 6) is 0.842. The van der Waals surface area contributed by atoms with Crippen molar-refractivity contribution in [3.63, 3.8) is 0 Å². The number of alkyl halides is 1. The maximum Gasteiger partial charge on any atom is 0.127 e. The number of ether oxygens (including phenoxy) is 1. The van der Waals surface area contributed by atoms with Crippen LogP contribution in [0, 0.1) is 6.92 Å². The molecular weight excluding hydrogens is 203 g/mol. The van der Waals surface area contributed by atoms with Gasteiger partial charge in [-0.3, -0.25) is 4.39 Å². The van der Waals surface area contributed by atoms with Crippen LogP contribution < -0.4 is 4.74 Å². The van der Waals surface area contributed by atoms with Crippen molar-refractivity contribution in [3.05, 3.63) is 42.0 Å². The molecule has 0 unspecified atom stereocenters. The molecule has 0 aliphatic heterocycles. The summed E-state index contributed by atoms with van der Waals surface area (Å²) in [7, 11) is 0. The van der Waals surface area contributed by atoms with Crippen LogP contribution in [0.2, 0.25) is 0 Å². The Hall–Kier alpha value is -1.57. The Balaban J connectivity index is 2.35. The summed E-state index contributed by atoms with van der Waals surface area (Å²) in [4.78, 5) is 0. The van der Waals surface area contributed by atoms with E-state index in [2.05, 4.69) is 13.0 Å². The highest BCUT2D eigenvalue weighted by Crippen LogP contribution is 2.28. The minimum absolute atomic E-state index is 0.330. The number of benzene rings is 2. The van der Waals surface area contributed by atoms with Crippen LogP contribution in [0.5, 0.6) is 5.75 Å². The van der Waals surface area contributed by atoms with E-state index in [1.165, 1.54) is 10.9 Å². The van der Waals surface area contributed by atoms with Gasteiger partial charge in [0.25, 0.3) is 0 Å². The highest BCUT2D eigenvalue weighted by atomic mass is 19.1. The summed E-state index contributed by atoms with van der Waals surface area (Å²) in [6.45, 7) is 2.18. The zero-order valence-corrected chi connectivity index (χ0v) is 9.37. The van der Waals surface area contributed by atoms with Crippen molar-refractivity contribution in [1.29, 1.82) is 0 Å². The summed E-state index contributed by atoms with van der Waals surface area (Å²) in [5, 5.41) is 2.29. The standard InChI is InChI=1S/C14H15FO/c1-11-7-8-14(16-10-4-9-15)13-6-3-2-5-12(11)13/h2-3,5-8H,4,9-10H2,1H3. The van der Waals surface area contributed by atoms with Crippen molar-refractivity contribution in [2.24, 2.45) is 0 Å². The van der Waals surface area contributed by atoms with E-state index < -0.39 is 0 Å². The number of halogens is 1. The van der Waals surface area contributed by atoms with E-state index in [0.717, 1.165) is 11.1 Å². The van der Waals surface area contributed by atoms with E-state index in [4.69, 9.17) is 4.74 Å². The van der Waals surface area contributed by atoms with Gasteiger partial charge in [-0.2, -0.15) is 0 Å². The van der Waals surface area contributed by atoms with Crippen LogP contribution in [0.15, 0.2) is 36.4 Å². The first-order valence-electron chi connectivity index (χ1n) is 5.50. The number of aryl methyl sites for hydroxylation is 1. The highest BCUT2D eigenvalue weighted by Gasteiger charge is 2.03. The van der Waals surface area contributed by atoms with Gasteiger partial charge in [0.1, 0.15) is 5.75 Å². The monoisotopic (exact) mass is 218 g/mol. The van der Waals surface area contributed by atoms with Crippen LogP contribution in [0.3, 0.4) is 0 Å². The van der Waals surface area contributed by atoms with Crippen LogP contribution in [-0.2, 0) is 0 Å². The van der Waals surface area contributed by atoms with Crippen molar-refractivity contribution in [2.45, 2.75) is 13.3 Å². The van der Waals surface area contributed by atoms with E-state index in [1.54, 1.807) is 0 Å². The van der Waals surface area contributed by atoms with E-state index in [1.807, 2.05) is 30.3 Å². The largest absolute Gasteiger partial charge is 0.493 e. The molecule has 0 saturated carbocycles. The SMILES string of the molecule is Cc1ccc(OCCCF)c2ccccc12. The summed E-state index contributed by atoms with van der Waals surface area (Å²) >= 11 is 0. The van der Waals surface area contributed by atoms with Crippen molar-refractivity contribution < 1.29 is 9.13 Å². The fourth-order valence-electron chi connectivity index (χ4n) is 1.78. The first-order chi connectivity index (χ1) is 7.83. The maximum atomic E-state index is 12.0. The number of hydrogen-bond acceptors (Lipinski definition) is 1. The van der Waals surface area contributed by atoms with Crippen LogP contribution >= 0.6 is 0 Å². The molecule has 0 aliphatic rings. The molecule has 0 N–H and O–H groups in total. The van der Waals surface area contributed by atoms with Crippen LogP contribution in [-0.4, -0.2) is 13.3 Å². The van der Waals surface area contributed by atoms with Crippen LogP contribution in [0.1, 0.15) is 12.0 Å². The lowest BCUT2D eigenvalue weighted by Gasteiger charge is -2.10. The van der Waals surface area contributed by atoms with Gasteiger partial charge in [-0.1, -0.05) is 30.3 Å². The Kier molecular flexibility index (Phi) is 3.40. The molecule has 2 aromatic carbocycles. The Labute approximate surface area is 94.9 Å². The minimum atomic E-state index is -0.330. The normalized spacial score (nSPS) is 10.6. The van der Waals surface area contributed by atoms with Crippen LogP contribution in [0.25, 0.3) is 10.8 Å². The molecule has 0 aliphatic carbocycles. The summed E-state index contributed by atoms with van der Waals surface area (Å²) < 4.78 is 17.6. The third kappa shape index (κ3) is 2.16. The lowest BCUT2D eigenvalue weighted by molar-refractivity contribution is 0.292. The van der Waals surface area contributed by atoms with Gasteiger partial charge in [0.2, 0.25) is 0 Å². The van der Waals surface area contributed by atoms with Crippen molar-refractivity contribution >= 4 is 10.8 Å². The maximum absolute atomic E-state index is 12.0. The van der Waals surface area contributed by atoms with Gasteiger partial charge in [-0.05, 0) is 23.9 Å². The van der Waals surface area contributed by atoms with Gasteiger partial charge in [0, 0.05) is 11.8 Å². The quantitative estimate of drug-likeness (QED) is 0.707. The number of fused-ring (bicyclic) bond motifs is 1. The zero-order chi connectivity index (χ0) is 11.4. The average Bonchev–Trinajstić information content (AvgIpc) is 2.33. The minimum Gasteiger partial charge on any atom is -0.493 e. The topological polar surface area (TPSA) is 9.23 Å². The smallest absolute Gasteiger partial charge is 0.127 e. The zero-order valence-electron chi connectivity index (χ0n) is 9.37. The van der Waals surface area contributed by atoms with Crippen LogP contribution in [0.4, 0.5) is 4.39 Å². The number of rotatable bonds is 4. The summed E-state index contributed by atoms with van der Waals surface area (Å²) in [5.41, 5.74) is 1.23. The predicted molar refractivity (Wildman–Crippen MR) is 64.8 cm³/mol. The molecule has 0 saturated heterocycles. The van der Waals surface area contributed by atoms with Gasteiger partial charge >= 0.3 is 0 Å². The van der Waals surface area contributed by atoms with Crippen molar-refractivity contribution in [1.82, 2.24) is 0 Å². The molecule has 0 bridgehead atoms. The van der Waals surface area contributed by atoms with E-state index in [0.29, 0.717) is 13.0 Å². The second-order valence-corrected chi connectivity index (χ2v) is 3.82. The van der Waals surface area contributed by atoms with E-state index in [9.17, 15) is 4.39 Å². The van der Waals surface area contributed by atoms with Gasteiger partial charge in [0.05, 0.1) is 13.3 Å². The lowest BCUT2D eigenvalue weighted by atomic mass is 10.1. The Morgan fingerprint density at radius 3 is 2.56 bits per heavy atom. The van der Waals surface area contributed by atoms with Gasteiger partial charge in [-0.25, -0.2) is 0 Å². The molecule has 2 rings (SSSR count). The van der Waals surface area contributed by atoms with Gasteiger partial charge in [-0.15, -0.1) is 0 Å². The van der Waals surface area contributed by atoms with E-state index in [-0.39, 0.29) is 6.67 Å². The van der Waals surface area contributed by atoms with Crippen molar-refractivity contribution in [3.8, 4) is 5.75 Å². The third-order valence-corrected chi connectivity index (χ3v) is 2.64. The number of hydrogen-bond donors (Lipinski definition) is 0. The molecule has 2 heteroatoms. The molecule has 16 heavy (non-hydrogen) atoms. The Morgan fingerprint density at radius 2 is 1.81 bits per heavy atom. The highest BCUT2D eigenvalue weighted by molar-refractivity contribution is 5.90. The molecule has 0 fully saturated rings. The first-order valence-corrected chi connectivity index (χ1v) is 5.50. The second kappa shape index (κ2) is 4.97. The first kappa shape index (κ1) is 10.9. The molecule has 0 heterocycles. The predicted octanol–water partition coefficient (Wildman–Crippen LogP) is 3.89. The fourth-order valence-corrected chi connectivity index (χ4v) is 1.78. The molecular formula is C14H15FO. The Morgan fingerprint density at radius 1 is 1.06 bits per heavy atom. The van der Waals surface area contributed by atoms with Gasteiger partial charge < -0.3 is 4.74 Å². The molecule has 0 amide bonds. The molecule has 0 aromatic heterocycles. The molecule has 0 spiro atoms. The average molecular weight is 218 g/mol. The van der Waals surface area contributed by atoms with E-state index >= 15 is 0 Å². The molecule has 0 radical (unpaired) electrons. The Bertz CT molecular complexity index is 479. The molecule has 2 aromatic rings. The van der Waals surface area contributed by atoms with Crippen molar-refractivity contribution in [2.75, 3.05) is 13.3 Å². The third-order valence-electron chi connectivity index (χ3n) is 2.64. The molecule has 0 atom stereocenters.